The molecule has 4 rings (SSSR count). The highest BCUT2D eigenvalue weighted by atomic mass is 17.0. The first-order valence-electron chi connectivity index (χ1n) is 13.6. The Morgan fingerprint density at radius 3 is 0.735 bits per heavy atom. The van der Waals surface area contributed by atoms with E-state index in [1.165, 1.54) is 77.0 Å². The minimum absolute atomic E-state index is 0.116. The van der Waals surface area contributed by atoms with Crippen molar-refractivity contribution in [2.24, 2.45) is 0 Å². The smallest absolute Gasteiger partial charge is 0.431 e. The summed E-state index contributed by atoms with van der Waals surface area (Å²) in [4.78, 5) is 23.1. The van der Waals surface area contributed by atoms with Crippen molar-refractivity contribution < 1.29 is 39.1 Å². The van der Waals surface area contributed by atoms with Crippen molar-refractivity contribution in [2.75, 3.05) is 0 Å². The van der Waals surface area contributed by atoms with Crippen molar-refractivity contribution in [1.29, 1.82) is 0 Å². The fraction of sp³-hybridized carbons (Fsp3) is 0.923. The zero-order chi connectivity index (χ0) is 24.4. The topological polar surface area (TPSA) is 112 Å². The normalized spacial score (nSPS) is 22.8. The van der Waals surface area contributed by atoms with Gasteiger partial charge in [0, 0.05) is 0 Å². The molecule has 0 amide bonds. The van der Waals surface area contributed by atoms with E-state index >= 15 is 0 Å². The molecule has 0 heterocycles. The fourth-order valence-corrected chi connectivity index (χ4v) is 5.33. The molecule has 0 aliphatic heterocycles. The second kappa shape index (κ2) is 17.8. The summed E-state index contributed by atoms with van der Waals surface area (Å²) in [6.45, 7) is 0. The molecule has 4 aliphatic rings. The summed E-state index contributed by atoms with van der Waals surface area (Å²) in [5.74, 6) is 0. The van der Waals surface area contributed by atoms with Crippen LogP contribution in [0, 0.1) is 0 Å². The molecule has 0 aromatic carbocycles. The van der Waals surface area contributed by atoms with E-state index in [0.717, 1.165) is 51.4 Å². The molecule has 0 bridgehead atoms. The molecule has 0 unspecified atom stereocenters. The number of hydrogen-bond acceptors (Lipinski definition) is 8. The summed E-state index contributed by atoms with van der Waals surface area (Å²) in [5, 5.41) is 12.0. The molecule has 2 N–H and O–H groups in total. The van der Waals surface area contributed by atoms with Crippen molar-refractivity contribution in [1.82, 2.24) is 0 Å². The van der Waals surface area contributed by atoms with Gasteiger partial charge in [0.15, 0.2) is 0 Å². The van der Waals surface area contributed by atoms with Crippen molar-refractivity contribution in [3.63, 3.8) is 0 Å². The van der Waals surface area contributed by atoms with Crippen LogP contribution < -0.4 is 0 Å². The van der Waals surface area contributed by atoms with Crippen molar-refractivity contribution in [3.8, 4) is 0 Å². The molecule has 0 aromatic heterocycles. The molecule has 0 atom stereocenters. The zero-order valence-corrected chi connectivity index (χ0v) is 20.8. The highest BCUT2D eigenvalue weighted by Crippen LogP contribution is 2.25. The van der Waals surface area contributed by atoms with Crippen LogP contribution in [-0.4, -0.2) is 47.2 Å². The maximum atomic E-state index is 11.5. The average molecular weight is 487 g/mol. The van der Waals surface area contributed by atoms with E-state index in [-0.39, 0.29) is 24.4 Å². The number of ether oxygens (including phenoxy) is 4. The van der Waals surface area contributed by atoms with Crippen LogP contribution in [0.15, 0.2) is 0 Å². The van der Waals surface area contributed by atoms with E-state index in [4.69, 9.17) is 29.5 Å². The van der Waals surface area contributed by atoms with Gasteiger partial charge in [0.05, 0.1) is 0 Å². The van der Waals surface area contributed by atoms with Crippen molar-refractivity contribution in [2.45, 2.75) is 153 Å². The molecule has 8 heteroatoms. The predicted octanol–water partition coefficient (Wildman–Crippen LogP) is 7.63. The van der Waals surface area contributed by atoms with Gasteiger partial charge in [-0.1, -0.05) is 25.7 Å². The Kier molecular flexibility index (Phi) is 15.0. The van der Waals surface area contributed by atoms with E-state index in [1.807, 2.05) is 0 Å². The predicted molar refractivity (Wildman–Crippen MR) is 128 cm³/mol. The number of hydrogen-bond donors (Lipinski definition) is 2. The van der Waals surface area contributed by atoms with Crippen LogP contribution in [0.5, 0.6) is 0 Å². The number of carbonyl (C=O) groups excluding carboxylic acids is 2. The van der Waals surface area contributed by atoms with Crippen LogP contribution in [0.25, 0.3) is 0 Å². The standard InChI is InChI=1S/2C13H22O3.H2O2/c2*14-13(15-11-7-3-1-4-8-11)16-12-9-5-2-6-10-12;1-2/h2*11-12H,1-10H2;1-2H. The van der Waals surface area contributed by atoms with Gasteiger partial charge in [0.25, 0.3) is 0 Å². The Morgan fingerprint density at radius 1 is 0.382 bits per heavy atom. The Bertz CT molecular complexity index is 439. The van der Waals surface area contributed by atoms with Crippen LogP contribution in [0.3, 0.4) is 0 Å². The summed E-state index contributed by atoms with van der Waals surface area (Å²) in [6.07, 6.45) is 22.3. The third-order valence-corrected chi connectivity index (χ3v) is 7.26. The van der Waals surface area contributed by atoms with E-state index in [0.29, 0.717) is 0 Å². The van der Waals surface area contributed by atoms with Crippen molar-refractivity contribution >= 4 is 12.3 Å². The lowest BCUT2D eigenvalue weighted by Gasteiger charge is -2.25. The SMILES string of the molecule is O=C(OC1CCCCC1)OC1CCCCC1.O=C(OC1CCCCC1)OC1CCCCC1.OO. The lowest BCUT2D eigenvalue weighted by Crippen LogP contribution is -2.26. The molecule has 34 heavy (non-hydrogen) atoms. The lowest BCUT2D eigenvalue weighted by molar-refractivity contribution is -0.176. The third-order valence-electron chi connectivity index (χ3n) is 7.26. The number of rotatable bonds is 4. The molecule has 4 saturated carbocycles. The molecule has 4 fully saturated rings. The van der Waals surface area contributed by atoms with Crippen LogP contribution in [0.2, 0.25) is 0 Å². The van der Waals surface area contributed by atoms with Gasteiger partial charge >= 0.3 is 12.3 Å². The highest BCUT2D eigenvalue weighted by molar-refractivity contribution is 5.60. The maximum Gasteiger partial charge on any atom is 0.508 e. The molecular formula is C26H46O8. The van der Waals surface area contributed by atoms with Crippen LogP contribution in [0.1, 0.15) is 128 Å². The third kappa shape index (κ3) is 12.2. The van der Waals surface area contributed by atoms with E-state index < -0.39 is 12.3 Å². The highest BCUT2D eigenvalue weighted by Gasteiger charge is 2.24. The second-order valence-electron chi connectivity index (χ2n) is 10.0. The van der Waals surface area contributed by atoms with Gasteiger partial charge in [-0.05, 0) is 103 Å². The minimum atomic E-state index is -0.432. The molecule has 4 aliphatic carbocycles. The molecular weight excluding hydrogens is 440 g/mol. The number of carbonyl (C=O) groups is 2. The van der Waals surface area contributed by atoms with E-state index in [2.05, 4.69) is 0 Å². The van der Waals surface area contributed by atoms with Gasteiger partial charge < -0.3 is 18.9 Å². The first-order valence-corrected chi connectivity index (χ1v) is 13.6. The first-order chi connectivity index (χ1) is 16.7. The van der Waals surface area contributed by atoms with Crippen molar-refractivity contribution in [3.05, 3.63) is 0 Å². The molecule has 0 radical (unpaired) electrons. The molecule has 198 valence electrons. The van der Waals surface area contributed by atoms with Crippen LogP contribution in [-0.2, 0) is 18.9 Å². The van der Waals surface area contributed by atoms with Gasteiger partial charge in [-0.2, -0.15) is 0 Å². The molecule has 0 saturated heterocycles. The Labute approximate surface area is 204 Å². The van der Waals surface area contributed by atoms with Crippen LogP contribution in [0.4, 0.5) is 9.59 Å². The molecule has 0 aromatic rings. The minimum Gasteiger partial charge on any atom is -0.431 e. The van der Waals surface area contributed by atoms with Gasteiger partial charge in [0.2, 0.25) is 0 Å². The summed E-state index contributed by atoms with van der Waals surface area (Å²) in [6, 6.07) is 0. The molecule has 0 spiro atoms. The monoisotopic (exact) mass is 486 g/mol. The lowest BCUT2D eigenvalue weighted by atomic mass is 9.98. The second-order valence-corrected chi connectivity index (χ2v) is 10.0. The summed E-state index contributed by atoms with van der Waals surface area (Å²) in [7, 11) is 0. The van der Waals surface area contributed by atoms with Gasteiger partial charge in [-0.3, -0.25) is 10.5 Å². The summed E-state index contributed by atoms with van der Waals surface area (Å²) >= 11 is 0. The van der Waals surface area contributed by atoms with Gasteiger partial charge in [0.1, 0.15) is 24.4 Å². The Hall–Kier alpha value is -1.54. The zero-order valence-electron chi connectivity index (χ0n) is 20.8. The first kappa shape index (κ1) is 28.7. The van der Waals surface area contributed by atoms with Gasteiger partial charge in [-0.25, -0.2) is 9.59 Å². The largest absolute Gasteiger partial charge is 0.508 e. The van der Waals surface area contributed by atoms with Gasteiger partial charge in [-0.15, -0.1) is 0 Å². The van der Waals surface area contributed by atoms with E-state index in [9.17, 15) is 9.59 Å². The quantitative estimate of drug-likeness (QED) is 0.237. The summed E-state index contributed by atoms with van der Waals surface area (Å²) < 4.78 is 21.3. The fourth-order valence-electron chi connectivity index (χ4n) is 5.33. The molecule has 8 nitrogen and oxygen atoms in total. The average Bonchev–Trinajstić information content (AvgIpc) is 2.88. The maximum absolute atomic E-state index is 11.5. The Balaban J connectivity index is 0.000000224. The van der Waals surface area contributed by atoms with Crippen LogP contribution >= 0.6 is 0 Å². The van der Waals surface area contributed by atoms with E-state index in [1.54, 1.807) is 0 Å². The summed E-state index contributed by atoms with van der Waals surface area (Å²) in [5.41, 5.74) is 0. The Morgan fingerprint density at radius 2 is 0.559 bits per heavy atom.